The fourth-order valence-corrected chi connectivity index (χ4v) is 3.81. The lowest BCUT2D eigenvalue weighted by Gasteiger charge is -2.41. The second kappa shape index (κ2) is 9.73. The number of benzene rings is 2. The quantitative estimate of drug-likeness (QED) is 0.770. The van der Waals surface area contributed by atoms with Crippen LogP contribution >= 0.6 is 0 Å². The Morgan fingerprint density at radius 3 is 2.50 bits per heavy atom. The monoisotopic (exact) mass is 444 g/mol. The molecule has 9 heteroatoms. The first kappa shape index (κ1) is 23.1. The molecule has 1 saturated heterocycles. The van der Waals surface area contributed by atoms with Crippen LogP contribution in [-0.2, 0) is 22.2 Å². The van der Waals surface area contributed by atoms with Crippen LogP contribution in [0.3, 0.4) is 0 Å². The molecule has 1 heterocycles. The molecule has 0 aliphatic carbocycles. The molecule has 1 unspecified atom stereocenters. The second-order valence-electron chi connectivity index (χ2n) is 7.49. The number of carbonyl (C=O) groups excluding carboxylic acids is 2. The number of likely N-dealkylation sites (N-methyl/N-ethyl adjacent to an activating group) is 1. The highest BCUT2D eigenvalue weighted by Gasteiger charge is 2.37. The number of halogens is 3. The van der Waals surface area contributed by atoms with Crippen molar-refractivity contribution < 1.29 is 22.8 Å². The summed E-state index contributed by atoms with van der Waals surface area (Å²) in [5.41, 5.74) is -0.218. The third-order valence-corrected chi connectivity index (χ3v) is 5.51. The Morgan fingerprint density at radius 1 is 1.16 bits per heavy atom. The van der Waals surface area contributed by atoms with Gasteiger partial charge >= 0.3 is 6.18 Å². The number of nitrogens with zero attached hydrogens (tertiary/aromatic N) is 3. The summed E-state index contributed by atoms with van der Waals surface area (Å²) in [6.07, 6.45) is -3.91. The third-order valence-electron chi connectivity index (χ3n) is 5.51. The molecule has 2 amide bonds. The van der Waals surface area contributed by atoms with E-state index in [1.807, 2.05) is 30.3 Å². The first-order chi connectivity index (χ1) is 15.2. The highest BCUT2D eigenvalue weighted by molar-refractivity contribution is 5.88. The predicted octanol–water partition coefficient (Wildman–Crippen LogP) is 2.97. The van der Waals surface area contributed by atoms with E-state index < -0.39 is 23.3 Å². The minimum absolute atomic E-state index is 0.0555. The van der Waals surface area contributed by atoms with Gasteiger partial charge in [-0.2, -0.15) is 18.4 Å². The van der Waals surface area contributed by atoms with Gasteiger partial charge in [0.25, 0.3) is 0 Å². The number of alkyl halides is 3. The van der Waals surface area contributed by atoms with Crippen LogP contribution in [0.25, 0.3) is 0 Å². The number of aryl methyl sites for hydroxylation is 1. The van der Waals surface area contributed by atoms with Crippen molar-refractivity contribution in [3.63, 3.8) is 0 Å². The van der Waals surface area contributed by atoms with E-state index in [-0.39, 0.29) is 43.6 Å². The maximum Gasteiger partial charge on any atom is 0.417 e. The zero-order valence-corrected chi connectivity index (χ0v) is 17.5. The molecule has 3 rings (SSSR count). The van der Waals surface area contributed by atoms with E-state index in [9.17, 15) is 22.8 Å². The van der Waals surface area contributed by atoms with Gasteiger partial charge in [-0.25, -0.2) is 0 Å². The number of anilines is 1. The average molecular weight is 444 g/mol. The molecule has 6 nitrogen and oxygen atoms in total. The summed E-state index contributed by atoms with van der Waals surface area (Å²) in [5, 5.41) is 11.5. The first-order valence-electron chi connectivity index (χ1n) is 10.2. The van der Waals surface area contributed by atoms with E-state index in [1.165, 1.54) is 18.0 Å². The van der Waals surface area contributed by atoms with E-state index in [0.717, 1.165) is 17.7 Å². The van der Waals surface area contributed by atoms with Crippen LogP contribution in [0.2, 0.25) is 0 Å². The minimum Gasteiger partial charge on any atom is -0.367 e. The largest absolute Gasteiger partial charge is 0.417 e. The van der Waals surface area contributed by atoms with E-state index in [2.05, 4.69) is 5.32 Å². The summed E-state index contributed by atoms with van der Waals surface area (Å²) < 4.78 is 40.0. The zero-order valence-electron chi connectivity index (χ0n) is 17.5. The number of carbonyl (C=O) groups is 2. The van der Waals surface area contributed by atoms with Crippen LogP contribution in [0, 0.1) is 11.3 Å². The van der Waals surface area contributed by atoms with Gasteiger partial charge in [0, 0.05) is 38.8 Å². The summed E-state index contributed by atoms with van der Waals surface area (Å²) in [6.45, 7) is 0.529. The van der Waals surface area contributed by atoms with Crippen LogP contribution in [0.4, 0.5) is 18.9 Å². The van der Waals surface area contributed by atoms with Crippen molar-refractivity contribution in [1.29, 1.82) is 5.26 Å². The third kappa shape index (κ3) is 5.19. The summed E-state index contributed by atoms with van der Waals surface area (Å²) in [5.74, 6) is -0.564. The Hall–Kier alpha value is -3.54. The van der Waals surface area contributed by atoms with Gasteiger partial charge in [-0.05, 0) is 30.2 Å². The number of piperazine rings is 1. The van der Waals surface area contributed by atoms with E-state index >= 15 is 0 Å². The van der Waals surface area contributed by atoms with Gasteiger partial charge in [-0.15, -0.1) is 0 Å². The molecule has 1 aliphatic heterocycles. The number of nitrogens with one attached hydrogen (secondary N) is 1. The van der Waals surface area contributed by atoms with Crippen molar-refractivity contribution in [2.45, 2.75) is 25.1 Å². The van der Waals surface area contributed by atoms with Gasteiger partial charge in [0.05, 0.1) is 17.2 Å². The smallest absolute Gasteiger partial charge is 0.367 e. The highest BCUT2D eigenvalue weighted by atomic mass is 19.4. The molecule has 2 aromatic carbocycles. The van der Waals surface area contributed by atoms with Crippen molar-refractivity contribution in [3.8, 4) is 6.07 Å². The van der Waals surface area contributed by atoms with Crippen molar-refractivity contribution in [2.24, 2.45) is 0 Å². The molecule has 0 aromatic heterocycles. The number of nitriles is 1. The molecule has 1 fully saturated rings. The number of hydrogen-bond acceptors (Lipinski definition) is 4. The van der Waals surface area contributed by atoms with Crippen LogP contribution < -0.4 is 10.2 Å². The van der Waals surface area contributed by atoms with Crippen LogP contribution in [0.5, 0.6) is 0 Å². The Morgan fingerprint density at radius 2 is 1.88 bits per heavy atom. The van der Waals surface area contributed by atoms with Gasteiger partial charge in [0.15, 0.2) is 0 Å². The normalized spacial score (nSPS) is 16.4. The molecule has 168 valence electrons. The molecule has 0 bridgehead atoms. The van der Waals surface area contributed by atoms with Gasteiger partial charge in [0.1, 0.15) is 6.04 Å². The van der Waals surface area contributed by atoms with Crippen molar-refractivity contribution in [2.75, 3.05) is 31.6 Å². The Labute approximate surface area is 184 Å². The Balaban J connectivity index is 1.78. The first-order valence-corrected chi connectivity index (χ1v) is 10.2. The predicted molar refractivity (Wildman–Crippen MR) is 113 cm³/mol. The van der Waals surface area contributed by atoms with Gasteiger partial charge in [-0.1, -0.05) is 30.3 Å². The fourth-order valence-electron chi connectivity index (χ4n) is 3.81. The van der Waals surface area contributed by atoms with Crippen LogP contribution in [0.15, 0.2) is 48.5 Å². The van der Waals surface area contributed by atoms with E-state index in [4.69, 9.17) is 5.26 Å². The van der Waals surface area contributed by atoms with Gasteiger partial charge in [-0.3, -0.25) is 9.59 Å². The number of hydrogen-bond donors (Lipinski definition) is 1. The van der Waals surface area contributed by atoms with Crippen LogP contribution in [0.1, 0.15) is 23.1 Å². The molecule has 2 aromatic rings. The topological polar surface area (TPSA) is 76.4 Å². The van der Waals surface area contributed by atoms with E-state index in [0.29, 0.717) is 6.42 Å². The molecule has 1 atom stereocenters. The standard InChI is InChI=1S/C23H23F3N4O2/c1-28-22(32)20-15-29(18-9-8-17(14-27)19(13-18)23(24,25)26)11-12-30(20)21(31)10-7-16-5-3-2-4-6-16/h2-6,8-9,13,20H,7,10-12,15H2,1H3,(H,28,32). The molecule has 1 N–H and O–H groups in total. The second-order valence-corrected chi connectivity index (χ2v) is 7.49. The van der Waals surface area contributed by atoms with Crippen LogP contribution in [-0.4, -0.2) is 49.4 Å². The van der Waals surface area contributed by atoms with Crippen molar-refractivity contribution >= 4 is 17.5 Å². The Bertz CT molecular complexity index is 1020. The van der Waals surface area contributed by atoms with Crippen molar-refractivity contribution in [3.05, 3.63) is 65.2 Å². The summed E-state index contributed by atoms with van der Waals surface area (Å²) in [7, 11) is 1.46. The summed E-state index contributed by atoms with van der Waals surface area (Å²) in [4.78, 5) is 28.5. The summed E-state index contributed by atoms with van der Waals surface area (Å²) in [6, 6.07) is 13.7. The summed E-state index contributed by atoms with van der Waals surface area (Å²) >= 11 is 0. The van der Waals surface area contributed by atoms with Gasteiger partial charge < -0.3 is 15.1 Å². The minimum atomic E-state index is -4.67. The molecule has 0 radical (unpaired) electrons. The Kier molecular flexibility index (Phi) is 7.03. The molecule has 32 heavy (non-hydrogen) atoms. The molecule has 0 spiro atoms. The zero-order chi connectivity index (χ0) is 23.3. The molecule has 0 saturated carbocycles. The average Bonchev–Trinajstić information content (AvgIpc) is 2.81. The fraction of sp³-hybridized carbons (Fsp3) is 0.348. The maximum absolute atomic E-state index is 13.3. The van der Waals surface area contributed by atoms with Crippen molar-refractivity contribution in [1.82, 2.24) is 10.2 Å². The molecular formula is C23H23F3N4O2. The van der Waals surface area contributed by atoms with E-state index in [1.54, 1.807) is 11.0 Å². The molecule has 1 aliphatic rings. The lowest BCUT2D eigenvalue weighted by Crippen LogP contribution is -2.60. The highest BCUT2D eigenvalue weighted by Crippen LogP contribution is 2.35. The molecular weight excluding hydrogens is 421 g/mol. The lowest BCUT2D eigenvalue weighted by molar-refractivity contribution is -0.140. The number of amides is 2. The maximum atomic E-state index is 13.3. The van der Waals surface area contributed by atoms with Gasteiger partial charge in [0.2, 0.25) is 11.8 Å². The number of rotatable bonds is 5. The lowest BCUT2D eigenvalue weighted by atomic mass is 10.0. The SMILES string of the molecule is CNC(=O)C1CN(c2ccc(C#N)c(C(F)(F)F)c2)CCN1C(=O)CCc1ccccc1.